The first-order valence-electron chi connectivity index (χ1n) is 8.39. The van der Waals surface area contributed by atoms with Gasteiger partial charge in [0.1, 0.15) is 12.0 Å². The Bertz CT molecular complexity index is 1020. The Hall–Kier alpha value is -2.56. The van der Waals surface area contributed by atoms with Gasteiger partial charge in [-0.2, -0.15) is 0 Å². The zero-order chi connectivity index (χ0) is 19.0. The summed E-state index contributed by atoms with van der Waals surface area (Å²) in [4.78, 5) is 14.7. The van der Waals surface area contributed by atoms with Gasteiger partial charge in [0.25, 0.3) is 5.91 Å². The molecule has 4 rings (SSSR count). The number of hydrogen-bond donors (Lipinski definition) is 1. The van der Waals surface area contributed by atoms with Gasteiger partial charge < -0.3 is 10.2 Å². The molecule has 0 fully saturated rings. The van der Waals surface area contributed by atoms with Crippen LogP contribution in [-0.2, 0) is 6.54 Å². The molecular formula is C21H15Cl2FN2O. The zero-order valence-electron chi connectivity index (χ0n) is 14.1. The molecule has 1 atom stereocenters. The summed E-state index contributed by atoms with van der Waals surface area (Å²) in [6.07, 6.45) is -0.411. The van der Waals surface area contributed by atoms with Crippen molar-refractivity contribution >= 4 is 34.8 Å². The van der Waals surface area contributed by atoms with Gasteiger partial charge in [0.15, 0.2) is 0 Å². The van der Waals surface area contributed by atoms with Gasteiger partial charge in [0.2, 0.25) is 0 Å². The van der Waals surface area contributed by atoms with Crippen LogP contribution in [0.5, 0.6) is 0 Å². The number of nitrogens with zero attached hydrogens (tertiary/aromatic N) is 1. The second-order valence-corrected chi connectivity index (χ2v) is 7.10. The summed E-state index contributed by atoms with van der Waals surface area (Å²) in [7, 11) is 0. The van der Waals surface area contributed by atoms with Crippen LogP contribution in [0.1, 0.15) is 27.7 Å². The molecule has 27 heavy (non-hydrogen) atoms. The zero-order valence-corrected chi connectivity index (χ0v) is 15.6. The molecule has 0 unspecified atom stereocenters. The van der Waals surface area contributed by atoms with Gasteiger partial charge in [-0.25, -0.2) is 4.39 Å². The van der Waals surface area contributed by atoms with Gasteiger partial charge in [0, 0.05) is 28.4 Å². The lowest BCUT2D eigenvalue weighted by Gasteiger charge is -2.27. The number of fused-ring (bicyclic) bond motifs is 1. The third kappa shape index (κ3) is 3.38. The van der Waals surface area contributed by atoms with E-state index in [4.69, 9.17) is 23.2 Å². The molecule has 136 valence electrons. The number of carbonyl (C=O) groups excluding carboxylic acids is 1. The third-order valence-electron chi connectivity index (χ3n) is 4.58. The monoisotopic (exact) mass is 400 g/mol. The molecular weight excluding hydrogens is 386 g/mol. The molecule has 3 nitrogen and oxygen atoms in total. The second kappa shape index (κ2) is 7.22. The van der Waals surface area contributed by atoms with E-state index in [0.29, 0.717) is 22.8 Å². The summed E-state index contributed by atoms with van der Waals surface area (Å²) in [5.74, 6) is -0.575. The Labute approximate surface area is 166 Å². The molecule has 1 heterocycles. The number of carbonyl (C=O) groups is 1. The molecule has 3 aromatic carbocycles. The van der Waals surface area contributed by atoms with E-state index in [1.165, 1.54) is 12.1 Å². The minimum absolute atomic E-state index is 0.0234. The molecule has 0 aromatic heterocycles. The Morgan fingerprint density at radius 2 is 1.70 bits per heavy atom. The Morgan fingerprint density at radius 1 is 0.963 bits per heavy atom. The van der Waals surface area contributed by atoms with E-state index in [2.05, 4.69) is 5.32 Å². The van der Waals surface area contributed by atoms with Gasteiger partial charge in [-0.05, 0) is 35.9 Å². The van der Waals surface area contributed by atoms with Crippen molar-refractivity contribution in [3.63, 3.8) is 0 Å². The Morgan fingerprint density at radius 3 is 2.48 bits per heavy atom. The van der Waals surface area contributed by atoms with Crippen LogP contribution in [0, 0.1) is 5.82 Å². The molecule has 0 saturated heterocycles. The molecule has 1 amide bonds. The lowest BCUT2D eigenvalue weighted by molar-refractivity contribution is 0.0729. The normalized spacial score (nSPS) is 15.7. The quantitative estimate of drug-likeness (QED) is 0.591. The van der Waals surface area contributed by atoms with Crippen LogP contribution in [-0.4, -0.2) is 10.8 Å². The van der Waals surface area contributed by atoms with E-state index >= 15 is 0 Å². The molecule has 6 heteroatoms. The van der Waals surface area contributed by atoms with Crippen molar-refractivity contribution < 1.29 is 9.18 Å². The second-order valence-electron chi connectivity index (χ2n) is 6.29. The number of rotatable bonds is 4. The summed E-state index contributed by atoms with van der Waals surface area (Å²) in [6.45, 7) is 0.347. The van der Waals surface area contributed by atoms with E-state index < -0.39 is 12.0 Å². The predicted molar refractivity (Wildman–Crippen MR) is 106 cm³/mol. The fraction of sp³-hybridized carbons (Fsp3) is 0.0952. The lowest BCUT2D eigenvalue weighted by Crippen LogP contribution is -2.32. The van der Waals surface area contributed by atoms with E-state index in [1.807, 2.05) is 36.4 Å². The number of anilines is 1. The first kappa shape index (κ1) is 17.8. The van der Waals surface area contributed by atoms with Crippen LogP contribution >= 0.6 is 23.2 Å². The lowest BCUT2D eigenvalue weighted by atomic mass is 10.1. The number of halogens is 3. The fourth-order valence-corrected chi connectivity index (χ4v) is 3.62. The summed E-state index contributed by atoms with van der Waals surface area (Å²) >= 11 is 12.2. The number of amides is 1. The van der Waals surface area contributed by atoms with Crippen molar-refractivity contribution in [3.05, 3.63) is 99.3 Å². The molecule has 0 radical (unpaired) electrons. The van der Waals surface area contributed by atoms with E-state index in [-0.39, 0.29) is 10.9 Å². The van der Waals surface area contributed by atoms with Crippen LogP contribution in [0.4, 0.5) is 10.1 Å². The smallest absolute Gasteiger partial charge is 0.256 e. The maximum absolute atomic E-state index is 13.5. The third-order valence-corrected chi connectivity index (χ3v) is 5.24. The van der Waals surface area contributed by atoms with Crippen LogP contribution in [0.25, 0.3) is 0 Å². The minimum Gasteiger partial charge on any atom is -0.361 e. The highest BCUT2D eigenvalue weighted by atomic mass is 35.5. The molecule has 0 aliphatic carbocycles. The van der Waals surface area contributed by atoms with Crippen LogP contribution in [0.15, 0.2) is 66.7 Å². The van der Waals surface area contributed by atoms with Crippen molar-refractivity contribution in [3.8, 4) is 0 Å². The van der Waals surface area contributed by atoms with Crippen LogP contribution < -0.4 is 5.32 Å². The summed E-state index contributed by atoms with van der Waals surface area (Å²) in [6, 6.07) is 19.3. The highest BCUT2D eigenvalue weighted by molar-refractivity contribution is 6.31. The molecule has 1 N–H and O–H groups in total. The van der Waals surface area contributed by atoms with E-state index in [1.54, 1.807) is 23.1 Å². The standard InChI is InChI=1S/C21H15Cl2FN2O/c22-17-8-4-1-5-13(17)12-26-20(15-6-2-3-7-16(15)21(26)27)25-14-9-10-19(24)18(23)11-14/h1-11,20,25H,12H2/t20-/m0/s1. The summed E-state index contributed by atoms with van der Waals surface area (Å²) in [5, 5.41) is 3.92. The number of nitrogens with one attached hydrogen (secondary N) is 1. The van der Waals surface area contributed by atoms with Gasteiger partial charge in [-0.1, -0.05) is 59.6 Å². The minimum atomic E-state index is -0.488. The Kier molecular flexibility index (Phi) is 4.77. The van der Waals surface area contributed by atoms with Gasteiger partial charge in [0.05, 0.1) is 5.02 Å². The fourth-order valence-electron chi connectivity index (χ4n) is 3.24. The average Bonchev–Trinajstić information content (AvgIpc) is 2.92. The van der Waals surface area contributed by atoms with Crippen LogP contribution in [0.3, 0.4) is 0 Å². The first-order valence-corrected chi connectivity index (χ1v) is 9.15. The average molecular weight is 401 g/mol. The van der Waals surface area contributed by atoms with Crippen LogP contribution in [0.2, 0.25) is 10.0 Å². The maximum atomic E-state index is 13.5. The van der Waals surface area contributed by atoms with Crippen molar-refractivity contribution in [1.82, 2.24) is 4.90 Å². The van der Waals surface area contributed by atoms with E-state index in [9.17, 15) is 9.18 Å². The summed E-state index contributed by atoms with van der Waals surface area (Å²) in [5.41, 5.74) is 2.97. The van der Waals surface area contributed by atoms with E-state index in [0.717, 1.165) is 11.1 Å². The molecule has 1 aliphatic rings. The van der Waals surface area contributed by atoms with Gasteiger partial charge in [-0.15, -0.1) is 0 Å². The predicted octanol–water partition coefficient (Wildman–Crippen LogP) is 5.90. The van der Waals surface area contributed by atoms with Crippen molar-refractivity contribution in [2.45, 2.75) is 12.7 Å². The van der Waals surface area contributed by atoms with Gasteiger partial charge >= 0.3 is 0 Å². The molecule has 0 saturated carbocycles. The Balaban J connectivity index is 1.71. The van der Waals surface area contributed by atoms with Crippen molar-refractivity contribution in [2.75, 3.05) is 5.32 Å². The molecule has 1 aliphatic heterocycles. The SMILES string of the molecule is O=C1c2ccccc2[C@@H](Nc2ccc(F)c(Cl)c2)N1Cc1ccccc1Cl. The maximum Gasteiger partial charge on any atom is 0.256 e. The highest BCUT2D eigenvalue weighted by Crippen LogP contribution is 2.36. The van der Waals surface area contributed by atoms with Crippen molar-refractivity contribution in [1.29, 1.82) is 0 Å². The summed E-state index contributed by atoms with van der Waals surface area (Å²) < 4.78 is 13.5. The van der Waals surface area contributed by atoms with Crippen molar-refractivity contribution in [2.24, 2.45) is 0 Å². The topological polar surface area (TPSA) is 32.3 Å². The largest absolute Gasteiger partial charge is 0.361 e. The molecule has 0 spiro atoms. The molecule has 0 bridgehead atoms. The number of benzene rings is 3. The van der Waals surface area contributed by atoms with Gasteiger partial charge in [-0.3, -0.25) is 4.79 Å². The number of hydrogen-bond acceptors (Lipinski definition) is 2. The highest BCUT2D eigenvalue weighted by Gasteiger charge is 2.36. The first-order chi connectivity index (χ1) is 13.0. The molecule has 3 aromatic rings.